The van der Waals surface area contributed by atoms with Crippen molar-refractivity contribution in [3.8, 4) is 22.6 Å². The second-order valence-corrected chi connectivity index (χ2v) is 9.73. The highest BCUT2D eigenvalue weighted by Gasteiger charge is 2.47. The van der Waals surface area contributed by atoms with Gasteiger partial charge in [0, 0.05) is 47.0 Å². The van der Waals surface area contributed by atoms with Crippen LogP contribution in [0.25, 0.3) is 33.7 Å². The predicted octanol–water partition coefficient (Wildman–Crippen LogP) is 5.04. The number of anilines is 1. The van der Waals surface area contributed by atoms with Gasteiger partial charge in [-0.1, -0.05) is 0 Å². The lowest BCUT2D eigenvalue weighted by Gasteiger charge is -2.47. The third-order valence-corrected chi connectivity index (χ3v) is 7.66. The van der Waals surface area contributed by atoms with Crippen LogP contribution in [-0.2, 0) is 4.79 Å². The Bertz CT molecular complexity index is 1510. The summed E-state index contributed by atoms with van der Waals surface area (Å²) in [6.45, 7) is 0. The maximum Gasteiger partial charge on any atom is 0.308 e. The predicted molar refractivity (Wildman–Crippen MR) is 133 cm³/mol. The molecule has 3 saturated carbocycles. The highest BCUT2D eigenvalue weighted by molar-refractivity contribution is 5.92. The van der Waals surface area contributed by atoms with E-state index in [4.69, 9.17) is 4.98 Å². The van der Waals surface area contributed by atoms with E-state index in [0.29, 0.717) is 39.5 Å². The van der Waals surface area contributed by atoms with E-state index in [9.17, 15) is 24.4 Å². The number of hydrogen-bond acceptors (Lipinski definition) is 7. The molecule has 0 spiro atoms. The molecule has 188 valence electrons. The van der Waals surface area contributed by atoms with Gasteiger partial charge in [0.15, 0.2) is 5.82 Å². The number of H-pyrrole nitrogens is 1. The zero-order valence-electron chi connectivity index (χ0n) is 19.6. The molecule has 3 N–H and O–H groups in total. The van der Waals surface area contributed by atoms with E-state index in [0.717, 1.165) is 31.9 Å². The van der Waals surface area contributed by atoms with Gasteiger partial charge in [-0.3, -0.25) is 14.9 Å². The van der Waals surface area contributed by atoms with E-state index >= 15 is 0 Å². The Morgan fingerprint density at radius 1 is 1.11 bits per heavy atom. The van der Waals surface area contributed by atoms with Crippen LogP contribution in [0.2, 0.25) is 0 Å². The molecule has 3 heterocycles. The largest absolute Gasteiger partial charge is 0.481 e. The van der Waals surface area contributed by atoms with Gasteiger partial charge < -0.3 is 15.4 Å². The van der Waals surface area contributed by atoms with Crippen molar-refractivity contribution in [2.24, 2.45) is 17.8 Å². The minimum atomic E-state index is -0.810. The van der Waals surface area contributed by atoms with Gasteiger partial charge >= 0.3 is 5.97 Å². The van der Waals surface area contributed by atoms with Crippen LogP contribution in [0.1, 0.15) is 25.7 Å². The smallest absolute Gasteiger partial charge is 0.308 e. The molecule has 37 heavy (non-hydrogen) atoms. The second kappa shape index (κ2) is 8.91. The molecule has 10 nitrogen and oxygen atoms in total. The Kier molecular flexibility index (Phi) is 5.54. The van der Waals surface area contributed by atoms with Crippen molar-refractivity contribution >= 4 is 28.5 Å². The zero-order chi connectivity index (χ0) is 25.7. The van der Waals surface area contributed by atoms with Crippen LogP contribution in [0, 0.1) is 33.7 Å². The average Bonchev–Trinajstić information content (AvgIpc) is 3.32. The van der Waals surface area contributed by atoms with Gasteiger partial charge in [0.05, 0.1) is 22.7 Å². The van der Waals surface area contributed by atoms with Crippen LogP contribution in [-0.4, -0.2) is 42.0 Å². The van der Waals surface area contributed by atoms with Gasteiger partial charge in [0.25, 0.3) is 5.69 Å². The number of nitro groups is 1. The number of carbonyl (C=O) groups is 1. The molecule has 2 atom stereocenters. The summed E-state index contributed by atoms with van der Waals surface area (Å²) in [5.74, 6) is -0.738. The first-order valence-corrected chi connectivity index (χ1v) is 12.1. The van der Waals surface area contributed by atoms with E-state index in [1.165, 1.54) is 18.2 Å². The van der Waals surface area contributed by atoms with Gasteiger partial charge in [-0.25, -0.2) is 19.3 Å². The fourth-order valence-corrected chi connectivity index (χ4v) is 5.89. The number of nitro benzene ring substituents is 1. The normalized spacial score (nSPS) is 22.7. The lowest BCUT2D eigenvalue weighted by molar-refractivity contribution is -0.384. The van der Waals surface area contributed by atoms with Crippen LogP contribution in [0.15, 0.2) is 48.8 Å². The number of fused-ring (bicyclic) bond motifs is 4. The summed E-state index contributed by atoms with van der Waals surface area (Å²) < 4.78 is 14.0. The van der Waals surface area contributed by atoms with Crippen LogP contribution in [0.3, 0.4) is 0 Å². The van der Waals surface area contributed by atoms with E-state index in [1.807, 2.05) is 0 Å². The summed E-state index contributed by atoms with van der Waals surface area (Å²) >= 11 is 0. The van der Waals surface area contributed by atoms with Crippen molar-refractivity contribution in [3.63, 3.8) is 0 Å². The van der Waals surface area contributed by atoms with Crippen molar-refractivity contribution in [3.05, 3.63) is 64.7 Å². The summed E-state index contributed by atoms with van der Waals surface area (Å²) in [5, 5.41) is 25.0. The number of nitrogens with one attached hydrogen (secondary N) is 2. The second-order valence-electron chi connectivity index (χ2n) is 9.73. The number of hydrogen-bond donors (Lipinski definition) is 3. The van der Waals surface area contributed by atoms with Crippen LogP contribution in [0.5, 0.6) is 0 Å². The Balaban J connectivity index is 1.45. The van der Waals surface area contributed by atoms with E-state index in [-0.39, 0.29) is 23.6 Å². The SMILES string of the molecule is O=C(O)C1C2CCC(CC2)C1Nc1cc(-c2ccc([N+](=O)[O-])cc2)nc(-c2c[nH]c3ncc(F)cc23)n1. The van der Waals surface area contributed by atoms with Gasteiger partial charge in [0.1, 0.15) is 17.3 Å². The molecular formula is C26H23FN6O4. The molecule has 3 fully saturated rings. The van der Waals surface area contributed by atoms with Crippen LogP contribution >= 0.6 is 0 Å². The number of pyridine rings is 1. The van der Waals surface area contributed by atoms with Gasteiger partial charge in [0.2, 0.25) is 0 Å². The number of aromatic amines is 1. The Morgan fingerprint density at radius 3 is 2.54 bits per heavy atom. The number of carboxylic acids is 1. The van der Waals surface area contributed by atoms with Crippen LogP contribution in [0.4, 0.5) is 15.9 Å². The molecule has 3 aliphatic rings. The number of non-ortho nitro benzene ring substituents is 1. The summed E-state index contributed by atoms with van der Waals surface area (Å²) in [4.78, 5) is 39.3. The third-order valence-electron chi connectivity index (χ3n) is 7.66. The van der Waals surface area contributed by atoms with Crippen molar-refractivity contribution < 1.29 is 19.2 Å². The van der Waals surface area contributed by atoms with Crippen LogP contribution < -0.4 is 5.32 Å². The molecule has 11 heteroatoms. The highest BCUT2D eigenvalue weighted by Crippen LogP contribution is 2.46. The minimum Gasteiger partial charge on any atom is -0.481 e. The Morgan fingerprint density at radius 2 is 1.84 bits per heavy atom. The highest BCUT2D eigenvalue weighted by atomic mass is 19.1. The van der Waals surface area contributed by atoms with E-state index < -0.39 is 22.6 Å². The summed E-state index contributed by atoms with van der Waals surface area (Å²) in [7, 11) is 0. The molecule has 7 rings (SSSR count). The fraction of sp³-hybridized carbons (Fsp3) is 0.308. The number of halogens is 1. The molecule has 4 aromatic rings. The minimum absolute atomic E-state index is 0.0444. The molecule has 0 amide bonds. The van der Waals surface area contributed by atoms with Crippen molar-refractivity contribution in [1.29, 1.82) is 0 Å². The van der Waals surface area contributed by atoms with Gasteiger partial charge in [-0.2, -0.15) is 0 Å². The lowest BCUT2D eigenvalue weighted by atomic mass is 9.61. The maximum absolute atomic E-state index is 14.0. The number of aliphatic carboxylic acids is 1. The number of nitrogens with zero attached hydrogens (tertiary/aromatic N) is 4. The summed E-state index contributed by atoms with van der Waals surface area (Å²) in [5.41, 5.74) is 2.09. The topological polar surface area (TPSA) is 147 Å². The first-order valence-electron chi connectivity index (χ1n) is 12.1. The molecular weight excluding hydrogens is 479 g/mol. The molecule has 1 aromatic carbocycles. The van der Waals surface area contributed by atoms with Crippen molar-refractivity contribution in [2.45, 2.75) is 31.7 Å². The van der Waals surface area contributed by atoms with E-state index in [2.05, 4.69) is 20.3 Å². The lowest BCUT2D eigenvalue weighted by Crippen LogP contribution is -2.51. The molecule has 2 bridgehead atoms. The zero-order valence-corrected chi connectivity index (χ0v) is 19.6. The van der Waals surface area contributed by atoms with Crippen molar-refractivity contribution in [2.75, 3.05) is 5.32 Å². The standard InChI is InChI=1S/C26H23FN6O4/c27-16-9-18-19(12-29-24(18)28-11-16)25-30-20(13-5-7-17(8-6-13)33(36)37)10-21(32-25)31-23-15-3-1-14(2-4-15)22(23)26(34)35/h5-12,14-15,22-23H,1-4H2,(H,28,29)(H,34,35)(H,30,31,32). The van der Waals surface area contributed by atoms with Gasteiger partial charge in [-0.05, 0) is 55.7 Å². The molecule has 2 unspecified atom stereocenters. The van der Waals surface area contributed by atoms with Gasteiger partial charge in [-0.15, -0.1) is 0 Å². The number of rotatable bonds is 6. The number of carboxylic acid groups (broad SMARTS) is 1. The fourth-order valence-electron chi connectivity index (χ4n) is 5.89. The molecule has 0 saturated heterocycles. The molecule has 0 aliphatic heterocycles. The number of aromatic nitrogens is 4. The molecule has 0 radical (unpaired) electrons. The quantitative estimate of drug-likeness (QED) is 0.246. The number of benzene rings is 1. The first-order chi connectivity index (χ1) is 17.9. The summed E-state index contributed by atoms with van der Waals surface area (Å²) in [6, 6.07) is 8.80. The Labute approximate surface area is 210 Å². The Hall–Kier alpha value is -4.41. The maximum atomic E-state index is 14.0. The molecule has 3 aromatic heterocycles. The van der Waals surface area contributed by atoms with E-state index in [1.54, 1.807) is 24.4 Å². The monoisotopic (exact) mass is 502 g/mol. The summed E-state index contributed by atoms with van der Waals surface area (Å²) in [6.07, 6.45) is 6.53. The first kappa shape index (κ1) is 23.0. The average molecular weight is 503 g/mol. The van der Waals surface area contributed by atoms with Crippen molar-refractivity contribution in [1.82, 2.24) is 19.9 Å². The third kappa shape index (κ3) is 4.15. The molecule has 3 aliphatic carbocycles.